The molecule has 0 bridgehead atoms. The quantitative estimate of drug-likeness (QED) is 0.898. The summed E-state index contributed by atoms with van der Waals surface area (Å²) < 4.78 is 26.4. The smallest absolute Gasteiger partial charge is 0.127 e. The van der Waals surface area contributed by atoms with Crippen LogP contribution in [-0.4, -0.2) is 31.1 Å². The maximum Gasteiger partial charge on any atom is 0.127 e. The van der Waals surface area contributed by atoms with Crippen molar-refractivity contribution >= 4 is 12.4 Å². The molecule has 96 valence electrons. The normalized spacial score (nSPS) is 20.3. The molecule has 1 aromatic rings. The van der Waals surface area contributed by atoms with Crippen LogP contribution in [0.3, 0.4) is 0 Å². The van der Waals surface area contributed by atoms with Crippen molar-refractivity contribution in [3.05, 3.63) is 35.4 Å². The van der Waals surface area contributed by atoms with Gasteiger partial charge in [-0.1, -0.05) is 0 Å². The molecular formula is C12H17ClF2N2. The van der Waals surface area contributed by atoms with Crippen LogP contribution in [0.4, 0.5) is 8.78 Å². The number of likely N-dealkylation sites (N-methyl/N-ethyl adjacent to an activating group) is 1. The van der Waals surface area contributed by atoms with Crippen LogP contribution in [0.1, 0.15) is 12.0 Å². The number of hydrogen-bond acceptors (Lipinski definition) is 2. The van der Waals surface area contributed by atoms with E-state index in [9.17, 15) is 8.78 Å². The van der Waals surface area contributed by atoms with Gasteiger partial charge in [0, 0.05) is 31.2 Å². The Morgan fingerprint density at radius 1 is 1.41 bits per heavy atom. The summed E-state index contributed by atoms with van der Waals surface area (Å²) in [6.07, 6.45) is 1.06. The summed E-state index contributed by atoms with van der Waals surface area (Å²) in [4.78, 5) is 2.14. The van der Waals surface area contributed by atoms with Crippen molar-refractivity contribution in [3.63, 3.8) is 0 Å². The molecule has 1 aromatic carbocycles. The Kier molecular flexibility index (Phi) is 5.31. The van der Waals surface area contributed by atoms with Gasteiger partial charge in [0.15, 0.2) is 0 Å². The molecule has 0 radical (unpaired) electrons. The SMILES string of the molecule is CNC1CCN(Cc2cc(F)ccc2F)C1.Cl. The molecule has 0 spiro atoms. The topological polar surface area (TPSA) is 15.3 Å². The number of halogens is 3. The predicted molar refractivity (Wildman–Crippen MR) is 66.3 cm³/mol. The minimum atomic E-state index is -0.374. The minimum Gasteiger partial charge on any atom is -0.316 e. The van der Waals surface area contributed by atoms with E-state index in [2.05, 4.69) is 10.2 Å². The first kappa shape index (κ1) is 14.4. The van der Waals surface area contributed by atoms with E-state index in [1.807, 2.05) is 7.05 Å². The van der Waals surface area contributed by atoms with E-state index >= 15 is 0 Å². The zero-order valence-corrected chi connectivity index (χ0v) is 10.6. The third-order valence-electron chi connectivity index (χ3n) is 3.08. The van der Waals surface area contributed by atoms with Gasteiger partial charge in [0.2, 0.25) is 0 Å². The minimum absolute atomic E-state index is 0. The van der Waals surface area contributed by atoms with E-state index in [0.717, 1.165) is 25.6 Å². The molecule has 0 amide bonds. The highest BCUT2D eigenvalue weighted by atomic mass is 35.5. The summed E-state index contributed by atoms with van der Waals surface area (Å²) in [5.41, 5.74) is 0.441. The van der Waals surface area contributed by atoms with E-state index in [1.165, 1.54) is 12.1 Å². The zero-order valence-electron chi connectivity index (χ0n) is 9.75. The summed E-state index contributed by atoms with van der Waals surface area (Å²) >= 11 is 0. The molecule has 0 aliphatic carbocycles. The second-order valence-electron chi connectivity index (χ2n) is 4.25. The van der Waals surface area contributed by atoms with Crippen LogP contribution in [0.2, 0.25) is 0 Å². The molecule has 1 saturated heterocycles. The fourth-order valence-electron chi connectivity index (χ4n) is 2.12. The van der Waals surface area contributed by atoms with E-state index in [-0.39, 0.29) is 24.0 Å². The zero-order chi connectivity index (χ0) is 11.5. The first-order valence-electron chi connectivity index (χ1n) is 5.52. The molecule has 2 nitrogen and oxygen atoms in total. The van der Waals surface area contributed by atoms with Gasteiger partial charge in [-0.3, -0.25) is 4.90 Å². The summed E-state index contributed by atoms with van der Waals surface area (Å²) in [6, 6.07) is 4.09. The van der Waals surface area contributed by atoms with E-state index in [0.29, 0.717) is 18.2 Å². The van der Waals surface area contributed by atoms with Gasteiger partial charge in [-0.2, -0.15) is 0 Å². The fraction of sp³-hybridized carbons (Fsp3) is 0.500. The lowest BCUT2D eigenvalue weighted by atomic mass is 10.2. The Balaban J connectivity index is 0.00000144. The number of likely N-dealkylation sites (tertiary alicyclic amines) is 1. The van der Waals surface area contributed by atoms with Crippen molar-refractivity contribution in [1.82, 2.24) is 10.2 Å². The van der Waals surface area contributed by atoms with E-state index in [4.69, 9.17) is 0 Å². The summed E-state index contributed by atoms with van der Waals surface area (Å²) in [5, 5.41) is 3.20. The lowest BCUT2D eigenvalue weighted by Gasteiger charge is -2.16. The van der Waals surface area contributed by atoms with Crippen molar-refractivity contribution in [3.8, 4) is 0 Å². The molecule has 1 atom stereocenters. The van der Waals surface area contributed by atoms with Crippen LogP contribution in [0.25, 0.3) is 0 Å². The van der Waals surface area contributed by atoms with Gasteiger partial charge in [0.25, 0.3) is 0 Å². The molecule has 17 heavy (non-hydrogen) atoms. The molecule has 0 aromatic heterocycles. The molecule has 1 heterocycles. The van der Waals surface area contributed by atoms with Crippen LogP contribution in [0, 0.1) is 11.6 Å². The van der Waals surface area contributed by atoms with Gasteiger partial charge in [-0.05, 0) is 31.7 Å². The third-order valence-corrected chi connectivity index (χ3v) is 3.08. The molecule has 1 aliphatic rings. The first-order valence-corrected chi connectivity index (χ1v) is 5.52. The Hall–Kier alpha value is -0.710. The predicted octanol–water partition coefficient (Wildman–Crippen LogP) is 2.18. The molecule has 1 fully saturated rings. The monoisotopic (exact) mass is 262 g/mol. The molecule has 5 heteroatoms. The molecule has 0 saturated carbocycles. The Morgan fingerprint density at radius 3 is 2.82 bits per heavy atom. The molecule has 1 N–H and O–H groups in total. The first-order chi connectivity index (χ1) is 7.69. The number of rotatable bonds is 3. The van der Waals surface area contributed by atoms with Gasteiger partial charge in [-0.25, -0.2) is 8.78 Å². The Bertz CT molecular complexity index is 374. The van der Waals surface area contributed by atoms with Crippen LogP contribution in [0.15, 0.2) is 18.2 Å². The second kappa shape index (κ2) is 6.28. The van der Waals surface area contributed by atoms with Crippen LogP contribution < -0.4 is 5.32 Å². The van der Waals surface area contributed by atoms with Gasteiger partial charge in [-0.15, -0.1) is 12.4 Å². The van der Waals surface area contributed by atoms with Gasteiger partial charge in [0.1, 0.15) is 11.6 Å². The summed E-state index contributed by atoms with van der Waals surface area (Å²) in [5.74, 6) is -0.699. The van der Waals surface area contributed by atoms with Crippen LogP contribution >= 0.6 is 12.4 Å². The van der Waals surface area contributed by atoms with Crippen molar-refractivity contribution in [2.24, 2.45) is 0 Å². The summed E-state index contributed by atoms with van der Waals surface area (Å²) in [7, 11) is 1.93. The molecular weight excluding hydrogens is 246 g/mol. The highest BCUT2D eigenvalue weighted by Gasteiger charge is 2.21. The highest BCUT2D eigenvalue weighted by molar-refractivity contribution is 5.85. The van der Waals surface area contributed by atoms with Crippen molar-refractivity contribution in [1.29, 1.82) is 0 Å². The number of hydrogen-bond donors (Lipinski definition) is 1. The number of nitrogens with zero attached hydrogens (tertiary/aromatic N) is 1. The fourth-order valence-corrected chi connectivity index (χ4v) is 2.12. The van der Waals surface area contributed by atoms with Gasteiger partial charge in [0.05, 0.1) is 0 Å². The molecule has 1 aliphatic heterocycles. The standard InChI is InChI=1S/C12H16F2N2.ClH/c1-15-11-4-5-16(8-11)7-9-6-10(13)2-3-12(9)14;/h2-3,6,11,15H,4-5,7-8H2,1H3;1H. The van der Waals surface area contributed by atoms with Crippen LogP contribution in [0.5, 0.6) is 0 Å². The Morgan fingerprint density at radius 2 is 2.18 bits per heavy atom. The third kappa shape index (κ3) is 3.63. The lowest BCUT2D eigenvalue weighted by Crippen LogP contribution is -2.29. The maximum absolute atomic E-state index is 13.4. The largest absolute Gasteiger partial charge is 0.316 e. The number of nitrogens with one attached hydrogen (secondary N) is 1. The van der Waals surface area contributed by atoms with Gasteiger partial charge < -0.3 is 5.32 Å². The maximum atomic E-state index is 13.4. The summed E-state index contributed by atoms with van der Waals surface area (Å²) in [6.45, 7) is 2.32. The lowest BCUT2D eigenvalue weighted by molar-refractivity contribution is 0.316. The molecule has 2 rings (SSSR count). The molecule has 1 unspecified atom stereocenters. The average molecular weight is 263 g/mol. The van der Waals surface area contributed by atoms with Crippen molar-refractivity contribution < 1.29 is 8.78 Å². The van der Waals surface area contributed by atoms with Crippen molar-refractivity contribution in [2.45, 2.75) is 19.0 Å². The van der Waals surface area contributed by atoms with E-state index in [1.54, 1.807) is 0 Å². The highest BCUT2D eigenvalue weighted by Crippen LogP contribution is 2.16. The van der Waals surface area contributed by atoms with Crippen LogP contribution in [-0.2, 0) is 6.54 Å². The van der Waals surface area contributed by atoms with E-state index < -0.39 is 0 Å². The Labute approximate surface area is 106 Å². The van der Waals surface area contributed by atoms with Crippen molar-refractivity contribution in [2.75, 3.05) is 20.1 Å². The van der Waals surface area contributed by atoms with Gasteiger partial charge >= 0.3 is 0 Å². The second-order valence-corrected chi connectivity index (χ2v) is 4.25. The average Bonchev–Trinajstić information content (AvgIpc) is 2.71. The number of benzene rings is 1.